The summed E-state index contributed by atoms with van der Waals surface area (Å²) in [5.74, 6) is 0.460. The Labute approximate surface area is 154 Å². The Morgan fingerprint density at radius 3 is 2.69 bits per heavy atom. The van der Waals surface area contributed by atoms with Crippen molar-refractivity contribution in [1.82, 2.24) is 14.9 Å². The Hall–Kier alpha value is -1.73. The molecule has 0 aliphatic carbocycles. The van der Waals surface area contributed by atoms with Gasteiger partial charge >= 0.3 is 0 Å². The minimum atomic E-state index is -0.398. The molecule has 1 spiro atoms. The monoisotopic (exact) mass is 360 g/mol. The van der Waals surface area contributed by atoms with E-state index in [-0.39, 0.29) is 5.91 Å². The second kappa shape index (κ2) is 7.48. The predicted molar refractivity (Wildman–Crippen MR) is 97.1 cm³/mol. The SMILES string of the molecule is CCC1CCCCN1C(=O)c1cc(N2CCC3(CC2)OCCO3)ncn1. The van der Waals surface area contributed by atoms with Crippen molar-refractivity contribution >= 4 is 11.7 Å². The summed E-state index contributed by atoms with van der Waals surface area (Å²) in [6.07, 6.45) is 7.53. The van der Waals surface area contributed by atoms with Gasteiger partial charge in [0.2, 0.25) is 0 Å². The van der Waals surface area contributed by atoms with Gasteiger partial charge in [0, 0.05) is 44.6 Å². The first kappa shape index (κ1) is 17.7. The van der Waals surface area contributed by atoms with Gasteiger partial charge in [-0.1, -0.05) is 6.92 Å². The Morgan fingerprint density at radius 1 is 1.19 bits per heavy atom. The van der Waals surface area contributed by atoms with E-state index in [1.807, 2.05) is 11.0 Å². The molecule has 0 aromatic carbocycles. The summed E-state index contributed by atoms with van der Waals surface area (Å²) in [4.78, 5) is 25.9. The van der Waals surface area contributed by atoms with Gasteiger partial charge in [0.25, 0.3) is 5.91 Å². The molecule has 7 heteroatoms. The fourth-order valence-electron chi connectivity index (χ4n) is 4.34. The van der Waals surface area contributed by atoms with Gasteiger partial charge < -0.3 is 19.3 Å². The molecule has 0 bridgehead atoms. The molecule has 1 amide bonds. The lowest BCUT2D eigenvalue weighted by molar-refractivity contribution is -0.169. The number of carbonyl (C=O) groups is 1. The third-order valence-electron chi connectivity index (χ3n) is 5.89. The molecule has 142 valence electrons. The lowest BCUT2D eigenvalue weighted by Crippen LogP contribution is -2.46. The van der Waals surface area contributed by atoms with Crippen LogP contribution in [-0.4, -0.2) is 65.5 Å². The van der Waals surface area contributed by atoms with Crippen molar-refractivity contribution in [1.29, 1.82) is 0 Å². The number of nitrogens with zero attached hydrogens (tertiary/aromatic N) is 4. The summed E-state index contributed by atoms with van der Waals surface area (Å²) >= 11 is 0. The Balaban J connectivity index is 1.45. The number of ether oxygens (including phenoxy) is 2. The van der Waals surface area contributed by atoms with Crippen LogP contribution >= 0.6 is 0 Å². The highest BCUT2D eigenvalue weighted by molar-refractivity contribution is 5.93. The van der Waals surface area contributed by atoms with Gasteiger partial charge in [0.05, 0.1) is 13.2 Å². The van der Waals surface area contributed by atoms with Crippen LogP contribution in [0.1, 0.15) is 55.9 Å². The second-order valence-corrected chi connectivity index (χ2v) is 7.41. The van der Waals surface area contributed by atoms with Crippen LogP contribution in [0.25, 0.3) is 0 Å². The highest BCUT2D eigenvalue weighted by Gasteiger charge is 2.40. The number of anilines is 1. The number of rotatable bonds is 3. The van der Waals surface area contributed by atoms with Crippen molar-refractivity contribution < 1.29 is 14.3 Å². The lowest BCUT2D eigenvalue weighted by atomic mass is 9.99. The van der Waals surface area contributed by atoms with Crippen LogP contribution in [0, 0.1) is 0 Å². The van der Waals surface area contributed by atoms with E-state index in [1.165, 1.54) is 12.7 Å². The van der Waals surface area contributed by atoms with E-state index in [4.69, 9.17) is 9.47 Å². The van der Waals surface area contributed by atoms with Crippen molar-refractivity contribution in [3.8, 4) is 0 Å². The molecule has 0 radical (unpaired) electrons. The maximum atomic E-state index is 13.0. The van der Waals surface area contributed by atoms with Crippen molar-refractivity contribution in [3.63, 3.8) is 0 Å². The number of likely N-dealkylation sites (tertiary alicyclic amines) is 1. The first-order valence-corrected chi connectivity index (χ1v) is 9.87. The molecule has 1 aromatic heterocycles. The van der Waals surface area contributed by atoms with Crippen LogP contribution in [0.5, 0.6) is 0 Å². The van der Waals surface area contributed by atoms with Gasteiger partial charge in [0.15, 0.2) is 5.79 Å². The number of hydrogen-bond acceptors (Lipinski definition) is 6. The number of carbonyl (C=O) groups excluding carboxylic acids is 1. The summed E-state index contributed by atoms with van der Waals surface area (Å²) in [5, 5.41) is 0. The van der Waals surface area contributed by atoms with Crippen LogP contribution < -0.4 is 4.90 Å². The molecule has 4 rings (SSSR count). The molecule has 0 saturated carbocycles. The fourth-order valence-corrected chi connectivity index (χ4v) is 4.34. The zero-order valence-corrected chi connectivity index (χ0v) is 15.5. The normalized spacial score (nSPS) is 25.7. The molecule has 1 unspecified atom stereocenters. The van der Waals surface area contributed by atoms with Crippen molar-refractivity contribution in [3.05, 3.63) is 18.1 Å². The largest absolute Gasteiger partial charge is 0.356 e. The summed E-state index contributed by atoms with van der Waals surface area (Å²) in [6.45, 7) is 5.97. The van der Waals surface area contributed by atoms with E-state index in [0.717, 1.165) is 57.6 Å². The molecular formula is C19H28N4O3. The highest BCUT2D eigenvalue weighted by Crippen LogP contribution is 2.32. The zero-order valence-electron chi connectivity index (χ0n) is 15.5. The molecule has 3 aliphatic heterocycles. The molecule has 7 nitrogen and oxygen atoms in total. The van der Waals surface area contributed by atoms with Gasteiger partial charge in [-0.05, 0) is 25.7 Å². The van der Waals surface area contributed by atoms with E-state index in [0.29, 0.717) is 24.9 Å². The molecule has 4 heterocycles. The first-order valence-electron chi connectivity index (χ1n) is 9.87. The Morgan fingerprint density at radius 2 is 1.96 bits per heavy atom. The molecule has 3 saturated heterocycles. The third kappa shape index (κ3) is 3.42. The van der Waals surface area contributed by atoms with Crippen molar-refractivity contribution in [2.45, 2.75) is 57.3 Å². The molecule has 26 heavy (non-hydrogen) atoms. The minimum Gasteiger partial charge on any atom is -0.356 e. The lowest BCUT2D eigenvalue weighted by Gasteiger charge is -2.38. The molecular weight excluding hydrogens is 332 g/mol. The molecule has 1 aromatic rings. The minimum absolute atomic E-state index is 0.0381. The predicted octanol–water partition coefficient (Wildman–Crippen LogP) is 2.22. The number of aromatic nitrogens is 2. The second-order valence-electron chi connectivity index (χ2n) is 7.41. The standard InChI is InChI=1S/C19H28N4O3/c1-2-15-5-3-4-8-23(15)18(24)16-13-17(21-14-20-16)22-9-6-19(7-10-22)25-11-12-26-19/h13-15H,2-12H2,1H3. The summed E-state index contributed by atoms with van der Waals surface area (Å²) < 4.78 is 11.6. The van der Waals surface area contributed by atoms with Crippen molar-refractivity contribution in [2.24, 2.45) is 0 Å². The summed E-state index contributed by atoms with van der Waals surface area (Å²) in [5.41, 5.74) is 0.504. The maximum absolute atomic E-state index is 13.0. The summed E-state index contributed by atoms with van der Waals surface area (Å²) in [6, 6.07) is 2.18. The van der Waals surface area contributed by atoms with Crippen LogP contribution in [0.4, 0.5) is 5.82 Å². The van der Waals surface area contributed by atoms with Gasteiger partial charge in [-0.3, -0.25) is 4.79 Å². The van der Waals surface area contributed by atoms with Crippen LogP contribution in [-0.2, 0) is 9.47 Å². The summed E-state index contributed by atoms with van der Waals surface area (Å²) in [7, 11) is 0. The van der Waals surface area contributed by atoms with Crippen LogP contribution in [0.2, 0.25) is 0 Å². The quantitative estimate of drug-likeness (QED) is 0.823. The van der Waals surface area contributed by atoms with E-state index in [1.54, 1.807) is 0 Å². The van der Waals surface area contributed by atoms with E-state index >= 15 is 0 Å². The van der Waals surface area contributed by atoms with E-state index in [9.17, 15) is 4.79 Å². The maximum Gasteiger partial charge on any atom is 0.272 e. The Kier molecular flexibility index (Phi) is 5.09. The number of hydrogen-bond donors (Lipinski definition) is 0. The Bertz CT molecular complexity index is 637. The van der Waals surface area contributed by atoms with Gasteiger partial charge in [0.1, 0.15) is 17.8 Å². The first-order chi connectivity index (χ1) is 12.7. The van der Waals surface area contributed by atoms with Crippen LogP contribution in [0.3, 0.4) is 0 Å². The van der Waals surface area contributed by atoms with Crippen LogP contribution in [0.15, 0.2) is 12.4 Å². The van der Waals surface area contributed by atoms with Gasteiger partial charge in [-0.2, -0.15) is 0 Å². The topological polar surface area (TPSA) is 67.8 Å². The van der Waals surface area contributed by atoms with E-state index in [2.05, 4.69) is 21.8 Å². The highest BCUT2D eigenvalue weighted by atomic mass is 16.7. The molecule has 3 fully saturated rings. The average Bonchev–Trinajstić information content (AvgIpc) is 3.16. The van der Waals surface area contributed by atoms with E-state index < -0.39 is 5.79 Å². The average molecular weight is 360 g/mol. The zero-order chi connectivity index (χ0) is 18.0. The smallest absolute Gasteiger partial charge is 0.272 e. The molecule has 3 aliphatic rings. The van der Waals surface area contributed by atoms with Crippen molar-refractivity contribution in [2.75, 3.05) is 37.7 Å². The number of amides is 1. The number of piperidine rings is 2. The van der Waals surface area contributed by atoms with Gasteiger partial charge in [-0.15, -0.1) is 0 Å². The molecule has 0 N–H and O–H groups in total. The van der Waals surface area contributed by atoms with Gasteiger partial charge in [-0.25, -0.2) is 9.97 Å². The fraction of sp³-hybridized carbons (Fsp3) is 0.737. The molecule has 1 atom stereocenters. The third-order valence-corrected chi connectivity index (χ3v) is 5.89.